The van der Waals surface area contributed by atoms with Crippen molar-refractivity contribution < 1.29 is 4.79 Å². The van der Waals surface area contributed by atoms with Crippen LogP contribution in [0.3, 0.4) is 0 Å². The maximum Gasteiger partial charge on any atom is 0.136 e. The zero-order valence-electron chi connectivity index (χ0n) is 13.1. The van der Waals surface area contributed by atoms with Gasteiger partial charge in [0.25, 0.3) is 0 Å². The molecule has 3 heteroatoms. The largest absolute Gasteiger partial charge is 0.378 e. The standard InChI is InChI=1S/C19H22N2O/c1-21(2)16-10-8-15(9-11-16)19-13-17(22)12-18(20-19)14-6-4-3-5-7-14/h3-11,18-20H,12-13H2,1-2H3. The first-order valence-corrected chi connectivity index (χ1v) is 7.73. The van der Waals surface area contributed by atoms with Crippen LogP contribution in [0.4, 0.5) is 5.69 Å². The predicted molar refractivity (Wildman–Crippen MR) is 90.1 cm³/mol. The number of carbonyl (C=O) groups excluding carboxylic acids is 1. The van der Waals surface area contributed by atoms with E-state index in [2.05, 4.69) is 46.6 Å². The molecule has 2 aromatic carbocycles. The summed E-state index contributed by atoms with van der Waals surface area (Å²) < 4.78 is 0. The Labute approximate surface area is 132 Å². The molecule has 2 aromatic rings. The van der Waals surface area contributed by atoms with Crippen LogP contribution in [0.25, 0.3) is 0 Å². The van der Waals surface area contributed by atoms with Crippen molar-refractivity contribution in [2.45, 2.75) is 24.9 Å². The molecule has 3 rings (SSSR count). The SMILES string of the molecule is CN(C)c1ccc(C2CC(=O)CC(c3ccccc3)N2)cc1. The number of ketones is 1. The highest BCUT2D eigenvalue weighted by Crippen LogP contribution is 2.31. The minimum atomic E-state index is 0.0997. The number of anilines is 1. The Balaban J connectivity index is 1.80. The summed E-state index contributed by atoms with van der Waals surface area (Å²) in [5.74, 6) is 0.328. The first-order chi connectivity index (χ1) is 10.6. The number of hydrogen-bond donors (Lipinski definition) is 1. The van der Waals surface area contributed by atoms with Gasteiger partial charge in [-0.3, -0.25) is 4.79 Å². The summed E-state index contributed by atoms with van der Waals surface area (Å²) in [6, 6.07) is 18.9. The summed E-state index contributed by atoms with van der Waals surface area (Å²) in [5.41, 5.74) is 3.54. The van der Waals surface area contributed by atoms with E-state index < -0.39 is 0 Å². The molecule has 0 amide bonds. The number of nitrogens with one attached hydrogen (secondary N) is 1. The fourth-order valence-corrected chi connectivity index (χ4v) is 3.02. The van der Waals surface area contributed by atoms with Crippen molar-refractivity contribution >= 4 is 11.5 Å². The summed E-state index contributed by atoms with van der Waals surface area (Å²) in [6.45, 7) is 0. The first-order valence-electron chi connectivity index (χ1n) is 7.73. The Morgan fingerprint density at radius 3 is 1.95 bits per heavy atom. The van der Waals surface area contributed by atoms with Gasteiger partial charge in [-0.15, -0.1) is 0 Å². The van der Waals surface area contributed by atoms with E-state index in [4.69, 9.17) is 0 Å². The van der Waals surface area contributed by atoms with E-state index in [0.29, 0.717) is 18.6 Å². The number of benzene rings is 2. The molecule has 1 heterocycles. The topological polar surface area (TPSA) is 32.3 Å². The zero-order valence-corrected chi connectivity index (χ0v) is 13.1. The van der Waals surface area contributed by atoms with Gasteiger partial charge in [-0.25, -0.2) is 0 Å². The highest BCUT2D eigenvalue weighted by molar-refractivity contribution is 5.81. The minimum absolute atomic E-state index is 0.0997. The van der Waals surface area contributed by atoms with Gasteiger partial charge in [-0.05, 0) is 23.3 Å². The molecular weight excluding hydrogens is 272 g/mol. The van der Waals surface area contributed by atoms with E-state index in [9.17, 15) is 4.79 Å². The quantitative estimate of drug-likeness (QED) is 0.940. The highest BCUT2D eigenvalue weighted by Gasteiger charge is 2.28. The summed E-state index contributed by atoms with van der Waals surface area (Å²) in [5, 5.41) is 3.63. The fraction of sp³-hybridized carbons (Fsp3) is 0.316. The van der Waals surface area contributed by atoms with Gasteiger partial charge in [0.15, 0.2) is 0 Å². The number of Topliss-reactive ketones (excluding diaryl/α,β-unsaturated/α-hetero) is 1. The van der Waals surface area contributed by atoms with Crippen molar-refractivity contribution in [3.05, 3.63) is 65.7 Å². The fourth-order valence-electron chi connectivity index (χ4n) is 3.02. The average Bonchev–Trinajstić information content (AvgIpc) is 2.55. The van der Waals surface area contributed by atoms with Gasteiger partial charge < -0.3 is 10.2 Å². The number of hydrogen-bond acceptors (Lipinski definition) is 3. The third-order valence-electron chi connectivity index (χ3n) is 4.28. The van der Waals surface area contributed by atoms with Crippen LogP contribution < -0.4 is 10.2 Å². The maximum absolute atomic E-state index is 12.2. The second-order valence-electron chi connectivity index (χ2n) is 6.12. The predicted octanol–water partition coefficient (Wildman–Crippen LogP) is 3.49. The zero-order chi connectivity index (χ0) is 15.5. The average molecular weight is 294 g/mol. The monoisotopic (exact) mass is 294 g/mol. The van der Waals surface area contributed by atoms with Crippen molar-refractivity contribution in [3.63, 3.8) is 0 Å². The summed E-state index contributed by atoms with van der Waals surface area (Å²) >= 11 is 0. The van der Waals surface area contributed by atoms with Crippen LogP contribution in [-0.2, 0) is 4.79 Å². The molecule has 22 heavy (non-hydrogen) atoms. The van der Waals surface area contributed by atoms with E-state index in [1.807, 2.05) is 32.3 Å². The van der Waals surface area contributed by atoms with Gasteiger partial charge in [0.2, 0.25) is 0 Å². The Morgan fingerprint density at radius 2 is 1.41 bits per heavy atom. The van der Waals surface area contributed by atoms with Gasteiger partial charge in [0.1, 0.15) is 5.78 Å². The first kappa shape index (κ1) is 14.8. The van der Waals surface area contributed by atoms with Gasteiger partial charge in [0, 0.05) is 44.7 Å². The third-order valence-corrected chi connectivity index (χ3v) is 4.28. The molecule has 0 saturated carbocycles. The molecule has 0 radical (unpaired) electrons. The second-order valence-corrected chi connectivity index (χ2v) is 6.12. The Hall–Kier alpha value is -2.13. The highest BCUT2D eigenvalue weighted by atomic mass is 16.1. The molecule has 2 atom stereocenters. The second kappa shape index (κ2) is 6.32. The van der Waals surface area contributed by atoms with Crippen LogP contribution in [0.15, 0.2) is 54.6 Å². The molecule has 0 spiro atoms. The molecule has 1 fully saturated rings. The van der Waals surface area contributed by atoms with Crippen LogP contribution in [0.1, 0.15) is 36.1 Å². The van der Waals surface area contributed by atoms with E-state index in [-0.39, 0.29) is 12.1 Å². The van der Waals surface area contributed by atoms with E-state index in [1.165, 1.54) is 16.8 Å². The van der Waals surface area contributed by atoms with Crippen LogP contribution in [-0.4, -0.2) is 19.9 Å². The van der Waals surface area contributed by atoms with Crippen molar-refractivity contribution in [2.75, 3.05) is 19.0 Å². The molecule has 3 nitrogen and oxygen atoms in total. The van der Waals surface area contributed by atoms with E-state index >= 15 is 0 Å². The molecule has 114 valence electrons. The Bertz CT molecular complexity index is 634. The normalized spacial score (nSPS) is 21.6. The summed E-state index contributed by atoms with van der Waals surface area (Å²) in [4.78, 5) is 14.2. The molecule has 0 aromatic heterocycles. The Kier molecular flexibility index (Phi) is 4.25. The summed E-state index contributed by atoms with van der Waals surface area (Å²) in [7, 11) is 4.06. The van der Waals surface area contributed by atoms with Gasteiger partial charge in [-0.1, -0.05) is 42.5 Å². The van der Waals surface area contributed by atoms with Gasteiger partial charge in [0.05, 0.1) is 0 Å². The lowest BCUT2D eigenvalue weighted by Crippen LogP contribution is -2.35. The van der Waals surface area contributed by atoms with Crippen molar-refractivity contribution in [2.24, 2.45) is 0 Å². The van der Waals surface area contributed by atoms with Crippen molar-refractivity contribution in [1.29, 1.82) is 0 Å². The Morgan fingerprint density at radius 1 is 0.864 bits per heavy atom. The molecule has 1 aliphatic rings. The third kappa shape index (κ3) is 3.20. The van der Waals surface area contributed by atoms with Crippen LogP contribution in [0, 0.1) is 0 Å². The lowest BCUT2D eigenvalue weighted by atomic mass is 9.89. The van der Waals surface area contributed by atoms with Crippen LogP contribution in [0.2, 0.25) is 0 Å². The molecule has 1 saturated heterocycles. The smallest absolute Gasteiger partial charge is 0.136 e. The number of rotatable bonds is 3. The molecule has 2 unspecified atom stereocenters. The minimum Gasteiger partial charge on any atom is -0.378 e. The molecule has 1 N–H and O–H groups in total. The molecule has 0 bridgehead atoms. The number of carbonyl (C=O) groups is 1. The molecule has 0 aliphatic carbocycles. The number of nitrogens with zero attached hydrogens (tertiary/aromatic N) is 1. The summed E-state index contributed by atoms with van der Waals surface area (Å²) in [6.07, 6.45) is 1.15. The lowest BCUT2D eigenvalue weighted by molar-refractivity contribution is -0.121. The van der Waals surface area contributed by atoms with E-state index in [1.54, 1.807) is 0 Å². The van der Waals surface area contributed by atoms with E-state index in [0.717, 1.165) is 0 Å². The lowest BCUT2D eigenvalue weighted by Gasteiger charge is -2.31. The number of piperidine rings is 1. The van der Waals surface area contributed by atoms with Gasteiger partial charge in [-0.2, -0.15) is 0 Å². The molecule has 1 aliphatic heterocycles. The van der Waals surface area contributed by atoms with Gasteiger partial charge >= 0.3 is 0 Å². The van der Waals surface area contributed by atoms with Crippen LogP contribution in [0.5, 0.6) is 0 Å². The molecular formula is C19H22N2O. The van der Waals surface area contributed by atoms with Crippen LogP contribution >= 0.6 is 0 Å². The maximum atomic E-state index is 12.2. The van der Waals surface area contributed by atoms with Crippen molar-refractivity contribution in [1.82, 2.24) is 5.32 Å². The van der Waals surface area contributed by atoms with Crippen molar-refractivity contribution in [3.8, 4) is 0 Å².